The van der Waals surface area contributed by atoms with Crippen LogP contribution in [0.1, 0.15) is 21.5 Å². The van der Waals surface area contributed by atoms with Gasteiger partial charge in [-0.25, -0.2) is 8.42 Å². The third-order valence-electron chi connectivity index (χ3n) is 4.31. The van der Waals surface area contributed by atoms with Crippen LogP contribution in [0.5, 0.6) is 0 Å². The smallest absolute Gasteiger partial charge is 0.255 e. The summed E-state index contributed by atoms with van der Waals surface area (Å²) >= 11 is 0. The molecule has 8 heteroatoms. The van der Waals surface area contributed by atoms with Crippen molar-refractivity contribution in [3.63, 3.8) is 0 Å². The first-order valence-electron chi connectivity index (χ1n) is 8.42. The highest BCUT2D eigenvalue weighted by atomic mass is 32.2. The molecule has 1 heterocycles. The summed E-state index contributed by atoms with van der Waals surface area (Å²) in [4.78, 5) is 12.7. The van der Waals surface area contributed by atoms with Crippen molar-refractivity contribution in [1.29, 1.82) is 5.26 Å². The molecule has 1 saturated heterocycles. The molecule has 1 amide bonds. The van der Waals surface area contributed by atoms with Crippen LogP contribution in [0, 0.1) is 18.3 Å². The highest BCUT2D eigenvalue weighted by Crippen LogP contribution is 2.22. The summed E-state index contributed by atoms with van der Waals surface area (Å²) < 4.78 is 32.2. The molecule has 1 aliphatic heterocycles. The average Bonchev–Trinajstić information content (AvgIpc) is 2.69. The van der Waals surface area contributed by atoms with Gasteiger partial charge in [0.05, 0.1) is 29.7 Å². The molecule has 0 atom stereocenters. The molecule has 7 nitrogen and oxygen atoms in total. The second-order valence-corrected chi connectivity index (χ2v) is 8.08. The molecule has 0 unspecified atom stereocenters. The number of nitriles is 1. The Labute approximate surface area is 158 Å². The molecular weight excluding hydrogens is 366 g/mol. The topological polar surface area (TPSA) is 99.5 Å². The molecule has 1 N–H and O–H groups in total. The monoisotopic (exact) mass is 385 g/mol. The lowest BCUT2D eigenvalue weighted by atomic mass is 10.1. The first-order chi connectivity index (χ1) is 12.9. The number of carbonyl (C=O) groups is 1. The molecule has 27 heavy (non-hydrogen) atoms. The van der Waals surface area contributed by atoms with Gasteiger partial charge < -0.3 is 10.1 Å². The third-order valence-corrected chi connectivity index (χ3v) is 6.21. The van der Waals surface area contributed by atoms with Crippen LogP contribution in [0.15, 0.2) is 47.4 Å². The number of sulfonamides is 1. The van der Waals surface area contributed by atoms with E-state index in [1.54, 1.807) is 37.3 Å². The second kappa shape index (κ2) is 7.88. The summed E-state index contributed by atoms with van der Waals surface area (Å²) in [5, 5.41) is 11.7. The Balaban J connectivity index is 1.88. The fourth-order valence-electron chi connectivity index (χ4n) is 2.81. The number of hydrogen-bond acceptors (Lipinski definition) is 5. The van der Waals surface area contributed by atoms with Crippen LogP contribution >= 0.6 is 0 Å². The van der Waals surface area contributed by atoms with Crippen molar-refractivity contribution in [2.45, 2.75) is 11.8 Å². The summed E-state index contributed by atoms with van der Waals surface area (Å²) in [6.07, 6.45) is 0. The summed E-state index contributed by atoms with van der Waals surface area (Å²) in [6.45, 7) is 3.03. The number of carbonyl (C=O) groups excluding carboxylic acids is 1. The maximum atomic E-state index is 12.8. The molecule has 140 valence electrons. The minimum atomic E-state index is -3.69. The van der Waals surface area contributed by atoms with E-state index in [0.29, 0.717) is 43.1 Å². The zero-order valence-corrected chi connectivity index (χ0v) is 15.6. The maximum Gasteiger partial charge on any atom is 0.255 e. The number of ether oxygens (including phenoxy) is 1. The number of rotatable bonds is 4. The van der Waals surface area contributed by atoms with Crippen molar-refractivity contribution >= 4 is 21.6 Å². The largest absolute Gasteiger partial charge is 0.379 e. The molecule has 0 aromatic heterocycles. The molecule has 0 radical (unpaired) electrons. The van der Waals surface area contributed by atoms with Gasteiger partial charge in [0.1, 0.15) is 0 Å². The zero-order valence-electron chi connectivity index (χ0n) is 14.8. The minimum Gasteiger partial charge on any atom is -0.379 e. The van der Waals surface area contributed by atoms with E-state index < -0.39 is 15.9 Å². The van der Waals surface area contributed by atoms with E-state index in [4.69, 9.17) is 10.00 Å². The normalized spacial score (nSPS) is 15.1. The molecule has 2 aromatic rings. The highest BCUT2D eigenvalue weighted by Gasteiger charge is 2.27. The predicted molar refractivity (Wildman–Crippen MR) is 99.9 cm³/mol. The molecule has 0 aliphatic carbocycles. The van der Waals surface area contributed by atoms with E-state index in [9.17, 15) is 13.2 Å². The molecule has 1 aliphatic rings. The first-order valence-corrected chi connectivity index (χ1v) is 9.86. The quantitative estimate of drug-likeness (QED) is 0.869. The van der Waals surface area contributed by atoms with Gasteiger partial charge in [-0.2, -0.15) is 9.57 Å². The van der Waals surface area contributed by atoms with Crippen LogP contribution in [0.3, 0.4) is 0 Å². The van der Waals surface area contributed by atoms with Gasteiger partial charge in [-0.15, -0.1) is 0 Å². The number of anilines is 1. The Morgan fingerprint density at radius 1 is 1.19 bits per heavy atom. The standard InChI is InChI=1S/C19H19N3O4S/c1-14-5-6-17(27(24,25)22-7-9-26-10-8-22)12-18(14)19(23)21-16-4-2-3-15(11-16)13-20/h2-6,11-12H,7-10H2,1H3,(H,21,23). The van der Waals surface area contributed by atoms with Gasteiger partial charge in [0.25, 0.3) is 5.91 Å². The Hall–Kier alpha value is -2.73. The number of aryl methyl sites for hydroxylation is 1. The van der Waals surface area contributed by atoms with Crippen LogP contribution in [-0.4, -0.2) is 44.9 Å². The molecular formula is C19H19N3O4S. The predicted octanol–water partition coefficient (Wildman–Crippen LogP) is 2.14. The number of amides is 1. The number of morpholine rings is 1. The van der Waals surface area contributed by atoms with Gasteiger partial charge >= 0.3 is 0 Å². The van der Waals surface area contributed by atoms with E-state index in [-0.39, 0.29) is 10.5 Å². The number of nitrogens with one attached hydrogen (secondary N) is 1. The van der Waals surface area contributed by atoms with Gasteiger partial charge in [-0.1, -0.05) is 12.1 Å². The molecule has 0 bridgehead atoms. The van der Waals surface area contributed by atoms with Gasteiger partial charge in [0.2, 0.25) is 10.0 Å². The van der Waals surface area contributed by atoms with Crippen molar-refractivity contribution in [3.8, 4) is 6.07 Å². The van der Waals surface area contributed by atoms with Crippen LogP contribution in [-0.2, 0) is 14.8 Å². The van der Waals surface area contributed by atoms with Crippen LogP contribution in [0.4, 0.5) is 5.69 Å². The summed E-state index contributed by atoms with van der Waals surface area (Å²) in [5.41, 5.74) is 1.82. The highest BCUT2D eigenvalue weighted by molar-refractivity contribution is 7.89. The number of nitrogens with zero attached hydrogens (tertiary/aromatic N) is 2. The minimum absolute atomic E-state index is 0.0749. The Bertz CT molecular complexity index is 1010. The Kier molecular flexibility index (Phi) is 5.56. The fraction of sp³-hybridized carbons (Fsp3) is 0.263. The lowest BCUT2D eigenvalue weighted by Gasteiger charge is -2.26. The summed E-state index contributed by atoms with van der Waals surface area (Å²) in [5.74, 6) is -0.429. The molecule has 0 saturated carbocycles. The summed E-state index contributed by atoms with van der Waals surface area (Å²) in [6, 6.07) is 13.1. The molecule has 0 spiro atoms. The van der Waals surface area contributed by atoms with E-state index in [1.165, 1.54) is 16.4 Å². The van der Waals surface area contributed by atoms with Crippen LogP contribution < -0.4 is 5.32 Å². The van der Waals surface area contributed by atoms with E-state index in [0.717, 1.165) is 0 Å². The number of benzene rings is 2. The van der Waals surface area contributed by atoms with Gasteiger partial charge in [-0.05, 0) is 42.8 Å². The third kappa shape index (κ3) is 4.17. The lowest BCUT2D eigenvalue weighted by molar-refractivity contribution is 0.0730. The van der Waals surface area contributed by atoms with Gasteiger partial charge in [0, 0.05) is 24.3 Å². The van der Waals surface area contributed by atoms with E-state index in [2.05, 4.69) is 5.32 Å². The lowest BCUT2D eigenvalue weighted by Crippen LogP contribution is -2.40. The van der Waals surface area contributed by atoms with Crippen molar-refractivity contribution in [2.75, 3.05) is 31.6 Å². The van der Waals surface area contributed by atoms with Gasteiger partial charge in [0.15, 0.2) is 0 Å². The fourth-order valence-corrected chi connectivity index (χ4v) is 4.24. The molecule has 2 aromatic carbocycles. The van der Waals surface area contributed by atoms with Crippen molar-refractivity contribution in [3.05, 3.63) is 59.2 Å². The average molecular weight is 385 g/mol. The van der Waals surface area contributed by atoms with Gasteiger partial charge in [-0.3, -0.25) is 4.79 Å². The second-order valence-electron chi connectivity index (χ2n) is 6.14. The Morgan fingerprint density at radius 2 is 1.93 bits per heavy atom. The SMILES string of the molecule is Cc1ccc(S(=O)(=O)N2CCOCC2)cc1C(=O)Nc1cccc(C#N)c1. The van der Waals surface area contributed by atoms with E-state index in [1.807, 2.05) is 6.07 Å². The summed E-state index contributed by atoms with van der Waals surface area (Å²) in [7, 11) is -3.69. The Morgan fingerprint density at radius 3 is 2.63 bits per heavy atom. The first kappa shape index (κ1) is 19.0. The van der Waals surface area contributed by atoms with Crippen LogP contribution in [0.2, 0.25) is 0 Å². The number of hydrogen-bond donors (Lipinski definition) is 1. The van der Waals surface area contributed by atoms with Crippen molar-refractivity contribution < 1.29 is 17.9 Å². The zero-order chi connectivity index (χ0) is 19.4. The van der Waals surface area contributed by atoms with Crippen molar-refractivity contribution in [1.82, 2.24) is 4.31 Å². The van der Waals surface area contributed by atoms with Crippen molar-refractivity contribution in [2.24, 2.45) is 0 Å². The van der Waals surface area contributed by atoms with Crippen LogP contribution in [0.25, 0.3) is 0 Å². The molecule has 1 fully saturated rings. The maximum absolute atomic E-state index is 12.8. The van der Waals surface area contributed by atoms with E-state index >= 15 is 0 Å². The molecule has 3 rings (SSSR count).